The van der Waals surface area contributed by atoms with Crippen LogP contribution in [0.25, 0.3) is 0 Å². The number of rotatable bonds is 8. The monoisotopic (exact) mass is 401 g/mol. The molecule has 134 valence electrons. The van der Waals surface area contributed by atoms with Crippen LogP contribution in [0.5, 0.6) is 0 Å². The van der Waals surface area contributed by atoms with Crippen molar-refractivity contribution in [1.29, 1.82) is 0 Å². The smallest absolute Gasteiger partial charge is 0.254 e. The van der Waals surface area contributed by atoms with E-state index in [1.165, 1.54) is 22.3 Å². The number of amides is 2. The van der Waals surface area contributed by atoms with Gasteiger partial charge in [0.2, 0.25) is 5.91 Å². The normalized spacial score (nSPS) is 10.5. The summed E-state index contributed by atoms with van der Waals surface area (Å²) < 4.78 is 5.02. The average Bonchev–Trinajstić information content (AvgIpc) is 3.09. The van der Waals surface area contributed by atoms with E-state index in [4.69, 9.17) is 27.9 Å². The summed E-state index contributed by atoms with van der Waals surface area (Å²) in [5.74, 6) is -0.621. The van der Waals surface area contributed by atoms with Crippen LogP contribution in [-0.2, 0) is 9.53 Å². The average molecular weight is 402 g/mol. The maximum absolute atomic E-state index is 12.7. The number of aromatic nitrogens is 1. The molecular formula is C16H17Cl2N3O3S. The van der Waals surface area contributed by atoms with E-state index in [2.05, 4.69) is 10.3 Å². The number of benzene rings is 1. The third-order valence-electron chi connectivity index (χ3n) is 3.24. The van der Waals surface area contributed by atoms with Crippen LogP contribution >= 0.6 is 34.5 Å². The zero-order valence-electron chi connectivity index (χ0n) is 13.5. The molecule has 0 radical (unpaired) electrons. The van der Waals surface area contributed by atoms with Crippen molar-refractivity contribution < 1.29 is 14.3 Å². The fourth-order valence-corrected chi connectivity index (χ4v) is 2.92. The lowest BCUT2D eigenvalue weighted by atomic mass is 10.2. The van der Waals surface area contributed by atoms with Gasteiger partial charge in [0.1, 0.15) is 6.54 Å². The van der Waals surface area contributed by atoms with Crippen LogP contribution in [0.4, 0.5) is 5.13 Å². The van der Waals surface area contributed by atoms with E-state index < -0.39 is 0 Å². The van der Waals surface area contributed by atoms with Gasteiger partial charge in [0, 0.05) is 37.4 Å². The summed E-state index contributed by atoms with van der Waals surface area (Å²) in [6.07, 6.45) is 2.20. The summed E-state index contributed by atoms with van der Waals surface area (Å²) >= 11 is 13.2. The molecule has 0 saturated carbocycles. The van der Waals surface area contributed by atoms with Crippen LogP contribution in [0.2, 0.25) is 10.0 Å². The predicted octanol–water partition coefficient (Wildman–Crippen LogP) is 3.57. The van der Waals surface area contributed by atoms with Crippen LogP contribution in [0, 0.1) is 0 Å². The summed E-state index contributed by atoms with van der Waals surface area (Å²) in [7, 11) is 1.58. The van der Waals surface area contributed by atoms with Crippen LogP contribution in [0.15, 0.2) is 29.8 Å². The molecule has 0 unspecified atom stereocenters. The van der Waals surface area contributed by atoms with E-state index >= 15 is 0 Å². The molecule has 0 aliphatic carbocycles. The number of carbonyl (C=O) groups is 2. The van der Waals surface area contributed by atoms with Gasteiger partial charge < -0.3 is 15.0 Å². The second-order valence-corrected chi connectivity index (χ2v) is 6.80. The minimum Gasteiger partial charge on any atom is -0.385 e. The zero-order chi connectivity index (χ0) is 18.2. The molecule has 1 N–H and O–H groups in total. The topological polar surface area (TPSA) is 71.5 Å². The molecule has 1 aromatic carbocycles. The third-order valence-corrected chi connectivity index (χ3v) is 4.67. The van der Waals surface area contributed by atoms with Crippen LogP contribution < -0.4 is 5.32 Å². The SMILES string of the molecule is COCCCN(CC(=O)Nc1nccs1)C(=O)c1ccc(Cl)c(Cl)c1. The first-order valence-corrected chi connectivity index (χ1v) is 9.07. The molecular weight excluding hydrogens is 385 g/mol. The molecule has 6 nitrogen and oxygen atoms in total. The highest BCUT2D eigenvalue weighted by atomic mass is 35.5. The number of carbonyl (C=O) groups excluding carboxylic acids is 2. The van der Waals surface area contributed by atoms with Gasteiger partial charge in [0.05, 0.1) is 10.0 Å². The first kappa shape index (κ1) is 19.7. The Morgan fingerprint density at radius 1 is 1.32 bits per heavy atom. The van der Waals surface area contributed by atoms with Crippen LogP contribution in [0.1, 0.15) is 16.8 Å². The van der Waals surface area contributed by atoms with Crippen molar-refractivity contribution in [3.05, 3.63) is 45.4 Å². The minimum atomic E-state index is -0.319. The van der Waals surface area contributed by atoms with E-state index in [0.717, 1.165) is 0 Å². The lowest BCUT2D eigenvalue weighted by molar-refractivity contribution is -0.116. The predicted molar refractivity (Wildman–Crippen MR) is 99.6 cm³/mol. The van der Waals surface area contributed by atoms with Crippen molar-refractivity contribution in [1.82, 2.24) is 9.88 Å². The van der Waals surface area contributed by atoms with Gasteiger partial charge in [0.25, 0.3) is 5.91 Å². The maximum Gasteiger partial charge on any atom is 0.254 e. The van der Waals surface area contributed by atoms with Gasteiger partial charge in [-0.15, -0.1) is 11.3 Å². The van der Waals surface area contributed by atoms with Crippen molar-refractivity contribution in [3.63, 3.8) is 0 Å². The molecule has 2 aromatic rings. The largest absolute Gasteiger partial charge is 0.385 e. The summed E-state index contributed by atoms with van der Waals surface area (Å²) in [5, 5.41) is 5.57. The number of hydrogen-bond donors (Lipinski definition) is 1. The highest BCUT2D eigenvalue weighted by Crippen LogP contribution is 2.23. The molecule has 2 rings (SSSR count). The second-order valence-electron chi connectivity index (χ2n) is 5.09. The molecule has 0 spiro atoms. The molecule has 25 heavy (non-hydrogen) atoms. The van der Waals surface area contributed by atoms with Gasteiger partial charge >= 0.3 is 0 Å². The van der Waals surface area contributed by atoms with Crippen molar-refractivity contribution >= 4 is 51.5 Å². The van der Waals surface area contributed by atoms with Crippen LogP contribution in [0.3, 0.4) is 0 Å². The third kappa shape index (κ3) is 5.97. The summed E-state index contributed by atoms with van der Waals surface area (Å²) in [5.41, 5.74) is 0.369. The molecule has 1 heterocycles. The molecule has 0 aliphatic rings. The number of nitrogens with zero attached hydrogens (tertiary/aromatic N) is 2. The van der Waals surface area contributed by atoms with E-state index in [1.54, 1.807) is 30.8 Å². The zero-order valence-corrected chi connectivity index (χ0v) is 15.8. The second kappa shape index (κ2) is 9.72. The molecule has 0 saturated heterocycles. The summed E-state index contributed by atoms with van der Waals surface area (Å²) in [6.45, 7) is 0.764. The fourth-order valence-electron chi connectivity index (χ4n) is 2.08. The first-order valence-electron chi connectivity index (χ1n) is 7.44. The number of hydrogen-bond acceptors (Lipinski definition) is 5. The fraction of sp³-hybridized carbons (Fsp3) is 0.312. The van der Waals surface area contributed by atoms with Crippen LogP contribution in [-0.4, -0.2) is 48.5 Å². The molecule has 0 fully saturated rings. The number of halogens is 2. The van der Waals surface area contributed by atoms with Crippen molar-refractivity contribution in [3.8, 4) is 0 Å². The van der Waals surface area contributed by atoms with Gasteiger partial charge in [0.15, 0.2) is 5.13 Å². The van der Waals surface area contributed by atoms with Crippen molar-refractivity contribution in [2.24, 2.45) is 0 Å². The van der Waals surface area contributed by atoms with Crippen molar-refractivity contribution in [2.75, 3.05) is 32.1 Å². The molecule has 0 bridgehead atoms. The highest BCUT2D eigenvalue weighted by molar-refractivity contribution is 7.13. The quantitative estimate of drug-likeness (QED) is 0.686. The number of nitrogens with one attached hydrogen (secondary N) is 1. The van der Waals surface area contributed by atoms with E-state index in [9.17, 15) is 9.59 Å². The Morgan fingerprint density at radius 2 is 2.12 bits per heavy atom. The Balaban J connectivity index is 2.08. The van der Waals surface area contributed by atoms with Gasteiger partial charge in [-0.05, 0) is 24.6 Å². The Morgan fingerprint density at radius 3 is 2.76 bits per heavy atom. The molecule has 0 atom stereocenters. The minimum absolute atomic E-state index is 0.0949. The molecule has 9 heteroatoms. The summed E-state index contributed by atoms with van der Waals surface area (Å²) in [6, 6.07) is 4.63. The van der Waals surface area contributed by atoms with E-state index in [-0.39, 0.29) is 23.4 Å². The standard InChI is InChI=1S/C16H17Cl2N3O3S/c1-24-7-2-6-21(10-14(22)20-16-19-5-8-25-16)15(23)11-3-4-12(17)13(18)9-11/h3-5,8-9H,2,6-7,10H2,1H3,(H,19,20,22). The highest BCUT2D eigenvalue weighted by Gasteiger charge is 2.20. The Hall–Kier alpha value is -1.67. The molecule has 1 aromatic heterocycles. The van der Waals surface area contributed by atoms with Gasteiger partial charge in [-0.25, -0.2) is 4.98 Å². The Labute approximate surface area is 159 Å². The van der Waals surface area contributed by atoms with Crippen molar-refractivity contribution in [2.45, 2.75) is 6.42 Å². The number of thiazole rings is 1. The molecule has 0 aliphatic heterocycles. The molecule has 2 amide bonds. The Bertz CT molecular complexity index is 725. The van der Waals surface area contributed by atoms with Gasteiger partial charge in [-0.3, -0.25) is 9.59 Å². The number of ether oxygens (including phenoxy) is 1. The maximum atomic E-state index is 12.7. The van der Waals surface area contributed by atoms with E-state index in [0.29, 0.717) is 35.3 Å². The summed E-state index contributed by atoms with van der Waals surface area (Å²) in [4.78, 5) is 30.4. The number of anilines is 1. The van der Waals surface area contributed by atoms with Gasteiger partial charge in [-0.1, -0.05) is 23.2 Å². The Kier molecular flexibility index (Phi) is 7.64. The number of methoxy groups -OCH3 is 1. The lowest BCUT2D eigenvalue weighted by Crippen LogP contribution is -2.39. The lowest BCUT2D eigenvalue weighted by Gasteiger charge is -2.22. The first-order chi connectivity index (χ1) is 12.0. The van der Waals surface area contributed by atoms with E-state index in [1.807, 2.05) is 0 Å². The van der Waals surface area contributed by atoms with Gasteiger partial charge in [-0.2, -0.15) is 0 Å².